The summed E-state index contributed by atoms with van der Waals surface area (Å²) in [5, 5.41) is 14.6. The number of fused-ring (bicyclic) bond motifs is 1. The maximum atomic E-state index is 14.6. The number of benzene rings is 1. The summed E-state index contributed by atoms with van der Waals surface area (Å²) in [6, 6.07) is 0.884. The van der Waals surface area contributed by atoms with Crippen LogP contribution in [-0.2, 0) is 14.3 Å². The first-order chi connectivity index (χ1) is 20.3. The fourth-order valence-electron chi connectivity index (χ4n) is 5.79. The van der Waals surface area contributed by atoms with Gasteiger partial charge in [0, 0.05) is 62.1 Å². The third kappa shape index (κ3) is 5.70. The van der Waals surface area contributed by atoms with Crippen LogP contribution in [0.5, 0.6) is 0 Å². The lowest BCUT2D eigenvalue weighted by Crippen LogP contribution is -2.60. The Balaban J connectivity index is 1.48. The molecule has 2 atom stereocenters. The van der Waals surface area contributed by atoms with Gasteiger partial charge in [-0.2, -0.15) is 0 Å². The second-order valence-electron chi connectivity index (χ2n) is 11.7. The zero-order valence-corrected chi connectivity index (χ0v) is 25.6. The Morgan fingerprint density at radius 2 is 2.02 bits per heavy atom. The molecule has 0 aliphatic carbocycles. The Kier molecular flexibility index (Phi) is 8.22. The number of esters is 1. The Labute approximate surface area is 255 Å². The lowest BCUT2D eigenvalue weighted by molar-refractivity contribution is -0.147. The molecule has 43 heavy (non-hydrogen) atoms. The lowest BCUT2D eigenvalue weighted by atomic mass is 9.92. The number of aromatic nitrogens is 1. The number of rotatable bonds is 8. The topological polar surface area (TPSA) is 128 Å². The molecular weight excluding hydrogens is 606 g/mol. The molecule has 1 aromatic heterocycles. The van der Waals surface area contributed by atoms with Crippen LogP contribution in [0.15, 0.2) is 40.0 Å². The molecule has 0 spiro atoms. The quantitative estimate of drug-likeness (QED) is 0.333. The summed E-state index contributed by atoms with van der Waals surface area (Å²) < 4.78 is 33.7. The van der Waals surface area contributed by atoms with E-state index in [0.29, 0.717) is 42.7 Å². The number of aliphatic carboxylic acids is 1. The van der Waals surface area contributed by atoms with Gasteiger partial charge in [-0.15, -0.1) is 11.3 Å². The van der Waals surface area contributed by atoms with E-state index in [-0.39, 0.29) is 30.3 Å². The summed E-state index contributed by atoms with van der Waals surface area (Å²) in [5.41, 5.74) is -1.16. The SMILES string of the molecule is COC(=O)C1=C(CN2CCN3C(=O)N(CC(C)(C)C(=O)O)C[C@]3(C)C2)NC(c2nccs2)=N[C@H]1c1ccc(F)c(F)c1Cl. The van der Waals surface area contributed by atoms with Crippen molar-refractivity contribution in [3.05, 3.63) is 62.2 Å². The van der Waals surface area contributed by atoms with Crippen molar-refractivity contribution in [2.75, 3.05) is 46.4 Å². The number of halogens is 3. The van der Waals surface area contributed by atoms with Crippen molar-refractivity contribution >= 4 is 46.7 Å². The van der Waals surface area contributed by atoms with Gasteiger partial charge < -0.3 is 25.0 Å². The van der Waals surface area contributed by atoms with Crippen molar-refractivity contribution in [2.45, 2.75) is 32.4 Å². The number of ether oxygens (including phenoxy) is 1. The number of urea groups is 1. The van der Waals surface area contributed by atoms with E-state index in [1.807, 2.05) is 6.92 Å². The van der Waals surface area contributed by atoms with Crippen LogP contribution in [0.3, 0.4) is 0 Å². The molecule has 0 saturated carbocycles. The minimum atomic E-state index is -1.25. The van der Waals surface area contributed by atoms with Gasteiger partial charge in [0.15, 0.2) is 22.5 Å². The number of aliphatic imine (C=N–C) groups is 1. The Bertz CT molecular complexity index is 1530. The van der Waals surface area contributed by atoms with Crippen molar-refractivity contribution in [3.8, 4) is 0 Å². The molecule has 2 aromatic rings. The summed E-state index contributed by atoms with van der Waals surface area (Å²) in [6.07, 6.45) is 1.59. The van der Waals surface area contributed by atoms with Crippen molar-refractivity contribution in [3.63, 3.8) is 0 Å². The number of nitrogens with one attached hydrogen (secondary N) is 1. The molecule has 0 bridgehead atoms. The number of amides is 2. The number of carbonyl (C=O) groups excluding carboxylic acids is 2. The zero-order valence-electron chi connectivity index (χ0n) is 24.0. The van der Waals surface area contributed by atoms with Crippen molar-refractivity contribution in [1.29, 1.82) is 0 Å². The predicted molar refractivity (Wildman–Crippen MR) is 155 cm³/mol. The molecule has 2 fully saturated rings. The van der Waals surface area contributed by atoms with Gasteiger partial charge in [0.25, 0.3) is 0 Å². The van der Waals surface area contributed by atoms with Gasteiger partial charge in [-0.3, -0.25) is 14.7 Å². The first-order valence-electron chi connectivity index (χ1n) is 13.5. The van der Waals surface area contributed by atoms with Crippen LogP contribution < -0.4 is 5.32 Å². The van der Waals surface area contributed by atoms with Crippen LogP contribution in [-0.4, -0.2) is 101 Å². The molecule has 1 aromatic carbocycles. The van der Waals surface area contributed by atoms with Gasteiger partial charge in [0.1, 0.15) is 6.04 Å². The highest BCUT2D eigenvalue weighted by atomic mass is 35.5. The first kappa shape index (κ1) is 30.8. The summed E-state index contributed by atoms with van der Waals surface area (Å²) >= 11 is 7.55. The molecule has 15 heteroatoms. The van der Waals surface area contributed by atoms with Crippen molar-refractivity contribution in [2.24, 2.45) is 10.4 Å². The fraction of sp³-hybridized carbons (Fsp3) is 0.464. The predicted octanol–water partition coefficient (Wildman–Crippen LogP) is 3.52. The van der Waals surface area contributed by atoms with Crippen LogP contribution in [0.1, 0.15) is 37.4 Å². The van der Waals surface area contributed by atoms with Gasteiger partial charge in [-0.05, 0) is 26.8 Å². The molecule has 2 amide bonds. The number of hydrogen-bond donors (Lipinski definition) is 2. The minimum absolute atomic E-state index is 0.0662. The largest absolute Gasteiger partial charge is 0.481 e. The number of piperazine rings is 1. The van der Waals surface area contributed by atoms with E-state index in [9.17, 15) is 28.3 Å². The molecule has 0 radical (unpaired) electrons. The Morgan fingerprint density at radius 3 is 2.67 bits per heavy atom. The van der Waals surface area contributed by atoms with E-state index >= 15 is 0 Å². The number of methoxy groups -OCH3 is 1. The highest BCUT2D eigenvalue weighted by Gasteiger charge is 2.51. The maximum absolute atomic E-state index is 14.6. The summed E-state index contributed by atoms with van der Waals surface area (Å²) in [5.74, 6) is -3.77. The number of carboxylic acid groups (broad SMARTS) is 1. The molecule has 3 aliphatic heterocycles. The van der Waals surface area contributed by atoms with E-state index in [1.165, 1.54) is 24.5 Å². The fourth-order valence-corrected chi connectivity index (χ4v) is 6.64. The summed E-state index contributed by atoms with van der Waals surface area (Å²) in [6.45, 7) is 6.96. The second-order valence-corrected chi connectivity index (χ2v) is 13.0. The molecular formula is C28H31ClF2N6O5S. The third-order valence-electron chi connectivity index (χ3n) is 7.96. The second kappa shape index (κ2) is 11.5. The van der Waals surface area contributed by atoms with E-state index in [0.717, 1.165) is 6.07 Å². The zero-order chi connectivity index (χ0) is 31.3. The molecule has 5 rings (SSSR count). The van der Waals surface area contributed by atoms with Crippen LogP contribution >= 0.6 is 22.9 Å². The average molecular weight is 637 g/mol. The Morgan fingerprint density at radius 1 is 1.28 bits per heavy atom. The summed E-state index contributed by atoms with van der Waals surface area (Å²) in [7, 11) is 1.22. The molecule has 0 unspecified atom stereocenters. The van der Waals surface area contributed by atoms with Gasteiger partial charge >= 0.3 is 18.0 Å². The molecule has 11 nitrogen and oxygen atoms in total. The number of carbonyl (C=O) groups is 3. The number of nitrogens with zero attached hydrogens (tertiary/aromatic N) is 5. The lowest BCUT2D eigenvalue weighted by Gasteiger charge is -2.44. The molecule has 3 aliphatic rings. The molecule has 4 heterocycles. The molecule has 230 valence electrons. The van der Waals surface area contributed by atoms with Crippen molar-refractivity contribution < 1.29 is 33.0 Å². The normalized spacial score (nSPS) is 22.8. The molecule has 2 saturated heterocycles. The van der Waals surface area contributed by atoms with Gasteiger partial charge in [0.05, 0.1) is 28.7 Å². The van der Waals surface area contributed by atoms with Crippen LogP contribution in [0, 0.1) is 17.0 Å². The van der Waals surface area contributed by atoms with Gasteiger partial charge in [-0.25, -0.2) is 23.4 Å². The Hall–Kier alpha value is -3.62. The number of carboxylic acids is 1. The highest BCUT2D eigenvalue weighted by Crippen LogP contribution is 2.39. The van der Waals surface area contributed by atoms with E-state index < -0.39 is 45.6 Å². The monoisotopic (exact) mass is 636 g/mol. The third-order valence-corrected chi connectivity index (χ3v) is 9.13. The molecule has 2 N–H and O–H groups in total. The summed E-state index contributed by atoms with van der Waals surface area (Å²) in [4.78, 5) is 52.6. The van der Waals surface area contributed by atoms with Crippen LogP contribution in [0.2, 0.25) is 5.02 Å². The van der Waals surface area contributed by atoms with E-state index in [4.69, 9.17) is 16.3 Å². The highest BCUT2D eigenvalue weighted by molar-refractivity contribution is 7.11. The van der Waals surface area contributed by atoms with Gasteiger partial charge in [-0.1, -0.05) is 17.7 Å². The van der Waals surface area contributed by atoms with E-state index in [2.05, 4.69) is 20.2 Å². The van der Waals surface area contributed by atoms with E-state index in [1.54, 1.807) is 35.2 Å². The van der Waals surface area contributed by atoms with Crippen LogP contribution in [0.4, 0.5) is 13.6 Å². The smallest absolute Gasteiger partial charge is 0.338 e. The van der Waals surface area contributed by atoms with Crippen molar-refractivity contribution in [1.82, 2.24) is 25.0 Å². The minimum Gasteiger partial charge on any atom is -0.481 e. The number of thiazole rings is 1. The van der Waals surface area contributed by atoms with Gasteiger partial charge in [0.2, 0.25) is 0 Å². The standard InChI is InChI=1S/C28H31ClF2N6O5S/c1-27(2,25(39)40)12-36-14-28(3)13-35(8-9-37(28)26(36)41)11-17-18(24(38)42-4)21(15-5-6-16(30)20(31)19(15)29)34-22(33-17)23-32-7-10-43-23/h5-7,10,21H,8-9,11-14H2,1-4H3,(H,33,34)(H,39,40)/t21-,28-/m0/s1. The average Bonchev–Trinajstić information content (AvgIpc) is 3.57. The maximum Gasteiger partial charge on any atom is 0.338 e. The number of hydrogen-bond acceptors (Lipinski definition) is 9. The first-order valence-corrected chi connectivity index (χ1v) is 14.7. The van der Waals surface area contributed by atoms with Crippen LogP contribution in [0.25, 0.3) is 0 Å². The number of amidine groups is 1.